The number of aromatic nitrogens is 6. The molecular formula is C53H50ClN9O6S3. The Kier molecular flexibility index (Phi) is 19.7. The molecule has 15 nitrogen and oxygen atoms in total. The van der Waals surface area contributed by atoms with E-state index in [1.165, 1.54) is 20.4 Å². The largest absolute Gasteiger partial charge is 0.481 e. The van der Waals surface area contributed by atoms with Crippen molar-refractivity contribution in [2.75, 3.05) is 31.5 Å². The van der Waals surface area contributed by atoms with Crippen LogP contribution >= 0.6 is 47.8 Å². The summed E-state index contributed by atoms with van der Waals surface area (Å²) >= 11 is 13.5. The van der Waals surface area contributed by atoms with E-state index in [0.29, 0.717) is 40.2 Å². The van der Waals surface area contributed by atoms with E-state index < -0.39 is 5.97 Å². The highest BCUT2D eigenvalue weighted by Gasteiger charge is 2.46. The van der Waals surface area contributed by atoms with Gasteiger partial charge in [0.25, 0.3) is 0 Å². The van der Waals surface area contributed by atoms with Crippen LogP contribution in [0.25, 0.3) is 33.8 Å². The first-order chi connectivity index (χ1) is 34.8. The average molecular weight is 1040 g/mol. The number of nitrogens with zero attached hydrogens (tertiary/aromatic N) is 9. The molecule has 3 aliphatic carbocycles. The molecule has 0 saturated heterocycles. The molecule has 0 radical (unpaired) electrons. The summed E-state index contributed by atoms with van der Waals surface area (Å²) in [5.41, 5.74) is 6.69. The molecular weight excluding hydrogens is 990 g/mol. The molecule has 0 aromatic carbocycles. The van der Waals surface area contributed by atoms with Crippen molar-refractivity contribution >= 4 is 65.7 Å². The first-order valence-corrected chi connectivity index (χ1v) is 25.6. The first-order valence-electron chi connectivity index (χ1n) is 22.6. The standard InChI is InChI=1S/C18H17N3O2S.C17H15N3O2S.C11H6ClN3.C7H12O2S/c1-23-17(22)8-18(5-6-18)12-24-16-4-7-20-11-14(16)15-3-2-13(9-19)10-21-15;18-8-12-1-2-14(20-9-12)13-10-19-6-3-15(13)23-11-17(4-5-17)7-16(21)22;12-10-3-4-14-7-9(10)11-2-1-8(5-13)6-15-11;1-9-6(8)4-7(5-10)2-3-7/h2-4,7,10-11H,5-6,8,12H2,1H3;1-3,6,9-10H,4-5,7,11H2,(H,21,22);1-4,6-7H;10H,2-5H2,1H3. The number of carboxylic acid groups (broad SMARTS) is 1. The van der Waals surface area contributed by atoms with Crippen molar-refractivity contribution < 1.29 is 29.0 Å². The van der Waals surface area contributed by atoms with Crippen LogP contribution in [0.3, 0.4) is 0 Å². The van der Waals surface area contributed by atoms with Crippen LogP contribution < -0.4 is 0 Å². The van der Waals surface area contributed by atoms with Crippen molar-refractivity contribution in [2.45, 2.75) is 67.6 Å². The number of hydrogen-bond donors (Lipinski definition) is 2. The molecule has 19 heteroatoms. The van der Waals surface area contributed by atoms with Gasteiger partial charge in [0.05, 0.1) is 72.3 Å². The summed E-state index contributed by atoms with van der Waals surface area (Å²) in [6.07, 6.45) is 22.5. The van der Waals surface area contributed by atoms with Gasteiger partial charge >= 0.3 is 17.9 Å². The summed E-state index contributed by atoms with van der Waals surface area (Å²) in [6, 6.07) is 22.3. The van der Waals surface area contributed by atoms with Gasteiger partial charge in [0, 0.05) is 93.8 Å². The maximum Gasteiger partial charge on any atom is 0.306 e. The lowest BCUT2D eigenvalue weighted by Gasteiger charge is -2.14. The van der Waals surface area contributed by atoms with E-state index >= 15 is 0 Å². The predicted molar refractivity (Wildman–Crippen MR) is 277 cm³/mol. The number of thioether (sulfide) groups is 2. The number of aliphatic carboxylic acids is 1. The summed E-state index contributed by atoms with van der Waals surface area (Å²) in [7, 11) is 2.86. The summed E-state index contributed by atoms with van der Waals surface area (Å²) < 4.78 is 9.35. The van der Waals surface area contributed by atoms with Gasteiger partial charge in [-0.15, -0.1) is 23.5 Å². The zero-order valence-corrected chi connectivity index (χ0v) is 42.8. The van der Waals surface area contributed by atoms with Crippen LogP contribution in [0.5, 0.6) is 0 Å². The second kappa shape index (κ2) is 26.0. The van der Waals surface area contributed by atoms with E-state index in [9.17, 15) is 14.4 Å². The fourth-order valence-corrected chi connectivity index (χ4v) is 10.3. The molecule has 0 aliphatic heterocycles. The highest BCUT2D eigenvalue weighted by Crippen LogP contribution is 2.54. The highest BCUT2D eigenvalue weighted by molar-refractivity contribution is 7.99. The van der Waals surface area contributed by atoms with Crippen molar-refractivity contribution in [3.05, 3.63) is 132 Å². The van der Waals surface area contributed by atoms with E-state index in [-0.39, 0.29) is 34.6 Å². The molecule has 0 amide bonds. The molecule has 3 fully saturated rings. The van der Waals surface area contributed by atoms with Gasteiger partial charge in [0.2, 0.25) is 0 Å². The molecule has 6 aromatic heterocycles. The van der Waals surface area contributed by atoms with Crippen LogP contribution in [0.4, 0.5) is 0 Å². The van der Waals surface area contributed by atoms with Crippen LogP contribution in [0.2, 0.25) is 5.02 Å². The minimum absolute atomic E-state index is 0.0604. The van der Waals surface area contributed by atoms with E-state index in [4.69, 9.17) is 37.2 Å². The Morgan fingerprint density at radius 3 is 1.29 bits per heavy atom. The van der Waals surface area contributed by atoms with Gasteiger partial charge in [0.1, 0.15) is 18.2 Å². The number of pyridine rings is 6. The normalized spacial score (nSPS) is 14.5. The second-order valence-electron chi connectivity index (χ2n) is 17.5. The molecule has 0 bridgehead atoms. The number of rotatable bonds is 16. The van der Waals surface area contributed by atoms with E-state index in [1.54, 1.807) is 103 Å². The fourth-order valence-electron chi connectivity index (χ4n) is 7.03. The third kappa shape index (κ3) is 16.1. The van der Waals surface area contributed by atoms with Gasteiger partial charge in [-0.2, -0.15) is 28.4 Å². The number of thiol groups is 1. The number of nitriles is 3. The number of hydrogen-bond acceptors (Lipinski definition) is 17. The Balaban J connectivity index is 0.000000164. The lowest BCUT2D eigenvalue weighted by molar-refractivity contribution is -0.142. The number of carbonyl (C=O) groups excluding carboxylic acids is 2. The van der Waals surface area contributed by atoms with Gasteiger partial charge < -0.3 is 14.6 Å². The number of carbonyl (C=O) groups is 3. The first kappa shape index (κ1) is 54.5. The Labute approximate surface area is 437 Å². The highest BCUT2D eigenvalue weighted by atomic mass is 35.5. The molecule has 3 saturated carbocycles. The molecule has 72 heavy (non-hydrogen) atoms. The van der Waals surface area contributed by atoms with Gasteiger partial charge in [-0.25, -0.2) is 0 Å². The smallest absolute Gasteiger partial charge is 0.306 e. The summed E-state index contributed by atoms with van der Waals surface area (Å²) in [6.45, 7) is 0. The number of esters is 2. The van der Waals surface area contributed by atoms with Crippen LogP contribution in [-0.4, -0.2) is 84.4 Å². The van der Waals surface area contributed by atoms with Crippen molar-refractivity contribution in [1.82, 2.24) is 29.9 Å². The van der Waals surface area contributed by atoms with Gasteiger partial charge in [-0.05, 0) is 115 Å². The topological polar surface area (TPSA) is 239 Å². The summed E-state index contributed by atoms with van der Waals surface area (Å²) in [5.74, 6) is 1.49. The van der Waals surface area contributed by atoms with Crippen LogP contribution in [0.15, 0.2) is 120 Å². The number of carboxylic acids is 1. The molecule has 0 atom stereocenters. The van der Waals surface area contributed by atoms with Crippen molar-refractivity contribution in [1.29, 1.82) is 15.8 Å². The monoisotopic (exact) mass is 1040 g/mol. The number of halogens is 1. The third-order valence-electron chi connectivity index (χ3n) is 12.1. The molecule has 368 valence electrons. The quantitative estimate of drug-likeness (QED) is 0.0520. The van der Waals surface area contributed by atoms with Crippen LogP contribution in [-0.2, 0) is 23.9 Å². The minimum Gasteiger partial charge on any atom is -0.481 e. The molecule has 6 aromatic rings. The Bertz CT molecular complexity index is 2950. The van der Waals surface area contributed by atoms with Gasteiger partial charge in [0.15, 0.2) is 0 Å². The SMILES string of the molecule is COC(=O)CC1(CS)CC1.COC(=O)CC1(CSc2ccncc2-c2ccc(C#N)cn2)CC1.N#Cc1ccc(-c2cnccc2Cl)nc1.N#Cc1ccc(-c2cnccc2SCC2(CC(=O)O)CC2)nc1. The van der Waals surface area contributed by atoms with Gasteiger partial charge in [-0.3, -0.25) is 44.3 Å². The van der Waals surface area contributed by atoms with Crippen molar-refractivity contribution in [2.24, 2.45) is 16.2 Å². The zero-order chi connectivity index (χ0) is 51.6. The minimum atomic E-state index is -0.730. The number of methoxy groups -OCH3 is 2. The fraction of sp³-hybridized carbons (Fsp3) is 0.321. The zero-order valence-electron chi connectivity index (χ0n) is 39.5. The summed E-state index contributed by atoms with van der Waals surface area (Å²) in [5, 5.41) is 36.0. The summed E-state index contributed by atoms with van der Waals surface area (Å²) in [4.78, 5) is 60.5. The maximum atomic E-state index is 11.5. The number of ether oxygens (including phenoxy) is 2. The van der Waals surface area contributed by atoms with Crippen molar-refractivity contribution in [3.63, 3.8) is 0 Å². The maximum absolute atomic E-state index is 11.5. The molecule has 9 rings (SSSR count). The van der Waals surface area contributed by atoms with Crippen molar-refractivity contribution in [3.8, 4) is 52.0 Å². The lowest BCUT2D eigenvalue weighted by Crippen LogP contribution is -2.13. The Morgan fingerprint density at radius 1 is 0.583 bits per heavy atom. The molecule has 6 heterocycles. The third-order valence-corrected chi connectivity index (χ3v) is 16.0. The molecule has 0 spiro atoms. The van der Waals surface area contributed by atoms with E-state index in [0.717, 1.165) is 93.7 Å². The predicted octanol–water partition coefficient (Wildman–Crippen LogP) is 10.7. The lowest BCUT2D eigenvalue weighted by atomic mass is 10.1. The molecule has 3 aliphatic rings. The van der Waals surface area contributed by atoms with Crippen LogP contribution in [0.1, 0.15) is 74.5 Å². The molecule has 0 unspecified atom stereocenters. The van der Waals surface area contributed by atoms with Crippen LogP contribution in [0, 0.1) is 50.2 Å². The van der Waals surface area contributed by atoms with E-state index in [1.807, 2.05) is 30.3 Å². The average Bonchev–Trinajstić information content (AvgIpc) is 4.37. The molecule has 1 N–H and O–H groups in total. The second-order valence-corrected chi connectivity index (χ2v) is 20.3. The Hall–Kier alpha value is -6.88. The Morgan fingerprint density at radius 2 is 0.958 bits per heavy atom. The van der Waals surface area contributed by atoms with Gasteiger partial charge in [-0.1, -0.05) is 11.6 Å². The van der Waals surface area contributed by atoms with E-state index in [2.05, 4.69) is 59.4 Å².